The number of pyridine rings is 1. The second-order valence-corrected chi connectivity index (χ2v) is 7.09. The van der Waals surface area contributed by atoms with Gasteiger partial charge in [-0.15, -0.1) is 8.78 Å². The SMILES string of the molecule is N#Cc1cc(Oc2ccc(NN(C=O)c3ccc4c(c3)C(F)(F)OC(F)(F)O4)c(Cl)c2)ccn1. The number of rotatable bonds is 6. The number of hydrazine groups is 1. The van der Waals surface area contributed by atoms with Gasteiger partial charge in [-0.1, -0.05) is 11.6 Å². The third-order valence-electron chi connectivity index (χ3n) is 4.40. The molecule has 0 aliphatic carbocycles. The Bertz CT molecular complexity index is 1300. The zero-order valence-electron chi connectivity index (χ0n) is 16.6. The predicted octanol–water partition coefficient (Wildman–Crippen LogP) is 5.40. The maximum atomic E-state index is 14.0. The number of nitrogens with zero attached hydrogens (tertiary/aromatic N) is 3. The number of carbonyl (C=O) groups is 1. The quantitative estimate of drug-likeness (QED) is 0.278. The van der Waals surface area contributed by atoms with Crippen molar-refractivity contribution in [2.45, 2.75) is 12.4 Å². The third kappa shape index (κ3) is 4.80. The molecular weight excluding hydrogens is 484 g/mol. The van der Waals surface area contributed by atoms with Gasteiger partial charge in [-0.3, -0.25) is 10.2 Å². The molecule has 0 unspecified atom stereocenters. The summed E-state index contributed by atoms with van der Waals surface area (Å²) in [5.74, 6) is -0.166. The Balaban J connectivity index is 1.55. The predicted molar refractivity (Wildman–Crippen MR) is 110 cm³/mol. The molecule has 4 rings (SSSR count). The zero-order chi connectivity index (χ0) is 24.5. The summed E-state index contributed by atoms with van der Waals surface area (Å²) >= 11 is 6.24. The molecule has 3 aromatic rings. The number of aromatic nitrogens is 1. The van der Waals surface area contributed by atoms with Crippen LogP contribution in [0.25, 0.3) is 0 Å². The van der Waals surface area contributed by atoms with Crippen LogP contribution < -0.4 is 19.9 Å². The topological polar surface area (TPSA) is 96.7 Å². The number of benzene rings is 2. The van der Waals surface area contributed by atoms with Gasteiger partial charge in [0.15, 0.2) is 0 Å². The van der Waals surface area contributed by atoms with Crippen molar-refractivity contribution in [1.29, 1.82) is 5.26 Å². The third-order valence-corrected chi connectivity index (χ3v) is 4.71. The van der Waals surface area contributed by atoms with Crippen molar-refractivity contribution in [3.8, 4) is 23.3 Å². The van der Waals surface area contributed by atoms with Gasteiger partial charge in [0.2, 0.25) is 6.41 Å². The fourth-order valence-corrected chi connectivity index (χ4v) is 3.15. The van der Waals surface area contributed by atoms with E-state index >= 15 is 0 Å². The second kappa shape index (κ2) is 8.69. The van der Waals surface area contributed by atoms with Gasteiger partial charge in [0.1, 0.15) is 29.0 Å². The molecule has 0 spiro atoms. The van der Waals surface area contributed by atoms with Gasteiger partial charge in [-0.2, -0.15) is 14.0 Å². The van der Waals surface area contributed by atoms with Crippen LogP contribution in [-0.2, 0) is 15.6 Å². The van der Waals surface area contributed by atoms with Crippen molar-refractivity contribution in [2.24, 2.45) is 0 Å². The summed E-state index contributed by atoms with van der Waals surface area (Å²) in [6.07, 6.45) is -7.21. The Morgan fingerprint density at radius 1 is 1.12 bits per heavy atom. The summed E-state index contributed by atoms with van der Waals surface area (Å²) in [6.45, 7) is 0. The van der Waals surface area contributed by atoms with Gasteiger partial charge in [-0.25, -0.2) is 14.7 Å². The molecule has 0 bridgehead atoms. The Kier molecular flexibility index (Phi) is 5.90. The lowest BCUT2D eigenvalue weighted by molar-refractivity contribution is -0.461. The van der Waals surface area contributed by atoms with E-state index in [0.717, 1.165) is 23.2 Å². The number of fused-ring (bicyclic) bond motifs is 1. The van der Waals surface area contributed by atoms with Crippen molar-refractivity contribution < 1.29 is 36.6 Å². The van der Waals surface area contributed by atoms with Crippen molar-refractivity contribution >= 4 is 29.4 Å². The van der Waals surface area contributed by atoms with Gasteiger partial charge >= 0.3 is 12.4 Å². The summed E-state index contributed by atoms with van der Waals surface area (Å²) in [6, 6.07) is 11.9. The van der Waals surface area contributed by atoms with E-state index in [2.05, 4.69) is 19.9 Å². The Morgan fingerprint density at radius 2 is 1.88 bits per heavy atom. The molecule has 2 aromatic carbocycles. The van der Waals surface area contributed by atoms with Gasteiger partial charge in [0.05, 0.1) is 22.0 Å². The van der Waals surface area contributed by atoms with Crippen molar-refractivity contribution in [3.05, 3.63) is 71.0 Å². The number of halogens is 5. The molecule has 1 aromatic heterocycles. The molecule has 1 N–H and O–H groups in total. The molecule has 0 saturated carbocycles. The van der Waals surface area contributed by atoms with Gasteiger partial charge < -0.3 is 9.47 Å². The highest BCUT2D eigenvalue weighted by molar-refractivity contribution is 6.33. The van der Waals surface area contributed by atoms with Gasteiger partial charge in [-0.05, 0) is 36.4 Å². The molecule has 174 valence electrons. The number of amides is 1. The molecule has 0 fully saturated rings. The van der Waals surface area contributed by atoms with Gasteiger partial charge in [0, 0.05) is 18.3 Å². The highest BCUT2D eigenvalue weighted by atomic mass is 35.5. The number of nitriles is 1. The van der Waals surface area contributed by atoms with Crippen molar-refractivity contribution in [2.75, 3.05) is 10.4 Å². The summed E-state index contributed by atoms with van der Waals surface area (Å²) < 4.78 is 67.6. The molecule has 1 aliphatic rings. The van der Waals surface area contributed by atoms with Crippen LogP contribution in [-0.4, -0.2) is 17.7 Å². The van der Waals surface area contributed by atoms with Crippen molar-refractivity contribution in [1.82, 2.24) is 4.98 Å². The summed E-state index contributed by atoms with van der Waals surface area (Å²) in [5.41, 5.74) is 1.84. The number of hydrogen-bond acceptors (Lipinski definition) is 7. The molecule has 1 aliphatic heterocycles. The normalized spacial score (nSPS) is 15.3. The molecule has 0 radical (unpaired) electrons. The van der Waals surface area contributed by atoms with Crippen LogP contribution in [0.5, 0.6) is 17.2 Å². The number of alkyl halides is 4. The fraction of sp³-hybridized carbons (Fsp3) is 0.0952. The summed E-state index contributed by atoms with van der Waals surface area (Å²) in [7, 11) is 0. The van der Waals surface area contributed by atoms with E-state index in [-0.39, 0.29) is 28.5 Å². The van der Waals surface area contributed by atoms with Crippen LogP contribution in [0.15, 0.2) is 54.7 Å². The smallest absolute Gasteiger partial charge is 0.457 e. The number of carbonyl (C=O) groups excluding carboxylic acids is 1. The number of ether oxygens (including phenoxy) is 3. The van der Waals surface area contributed by atoms with E-state index in [9.17, 15) is 22.4 Å². The monoisotopic (exact) mass is 494 g/mol. The lowest BCUT2D eigenvalue weighted by Gasteiger charge is -2.31. The first-order chi connectivity index (χ1) is 16.1. The lowest BCUT2D eigenvalue weighted by atomic mass is 10.1. The number of nitrogens with one attached hydrogen (secondary N) is 1. The average molecular weight is 495 g/mol. The molecule has 8 nitrogen and oxygen atoms in total. The first kappa shape index (κ1) is 23.1. The van der Waals surface area contributed by atoms with E-state index in [1.54, 1.807) is 0 Å². The molecule has 34 heavy (non-hydrogen) atoms. The molecular formula is C21H11ClF4N4O4. The summed E-state index contributed by atoms with van der Waals surface area (Å²) in [5, 5.41) is 9.80. The second-order valence-electron chi connectivity index (χ2n) is 6.68. The standard InChI is InChI=1S/C21H11ClF4N4O4/c22-17-9-14(32-15-5-6-28-12(7-15)10-27)2-3-18(17)29-30(11-31)13-1-4-19-16(8-13)20(23,24)34-21(25,26)33-19/h1-9,11,29H. The molecule has 2 heterocycles. The Labute approximate surface area is 193 Å². The molecule has 13 heteroatoms. The lowest BCUT2D eigenvalue weighted by Crippen LogP contribution is -2.41. The van der Waals surface area contributed by atoms with E-state index in [4.69, 9.17) is 21.6 Å². The molecule has 0 atom stereocenters. The highest BCUT2D eigenvalue weighted by Gasteiger charge is 2.54. The van der Waals surface area contributed by atoms with Crippen molar-refractivity contribution in [3.63, 3.8) is 0 Å². The maximum Gasteiger partial charge on any atom is 0.540 e. The van der Waals surface area contributed by atoms with Gasteiger partial charge in [0.25, 0.3) is 0 Å². The molecule has 1 amide bonds. The minimum atomic E-state index is -4.51. The number of hydrogen-bond donors (Lipinski definition) is 1. The van der Waals surface area contributed by atoms with E-state index in [1.807, 2.05) is 6.07 Å². The minimum absolute atomic E-state index is 0.0912. The Hall–Kier alpha value is -4.08. The fourth-order valence-electron chi connectivity index (χ4n) is 2.94. The summed E-state index contributed by atoms with van der Waals surface area (Å²) in [4.78, 5) is 15.4. The maximum absolute atomic E-state index is 14.0. The number of anilines is 2. The van der Waals surface area contributed by atoms with E-state index in [0.29, 0.717) is 11.5 Å². The first-order valence-corrected chi connectivity index (χ1v) is 9.62. The average Bonchev–Trinajstić information content (AvgIpc) is 2.77. The van der Waals surface area contributed by atoms with E-state index in [1.165, 1.54) is 36.5 Å². The largest absolute Gasteiger partial charge is 0.540 e. The minimum Gasteiger partial charge on any atom is -0.457 e. The van der Waals surface area contributed by atoms with E-state index < -0.39 is 23.7 Å². The van der Waals surface area contributed by atoms with Crippen LogP contribution in [0.2, 0.25) is 5.02 Å². The Morgan fingerprint density at radius 3 is 2.59 bits per heavy atom. The van der Waals surface area contributed by atoms with Crippen LogP contribution >= 0.6 is 11.6 Å². The van der Waals surface area contributed by atoms with Crippen LogP contribution in [0.4, 0.5) is 28.9 Å². The first-order valence-electron chi connectivity index (χ1n) is 9.24. The zero-order valence-corrected chi connectivity index (χ0v) is 17.4. The van der Waals surface area contributed by atoms with Crippen LogP contribution in [0, 0.1) is 11.3 Å². The highest BCUT2D eigenvalue weighted by Crippen LogP contribution is 2.47. The molecule has 0 saturated heterocycles. The van der Waals surface area contributed by atoms with Crippen LogP contribution in [0.3, 0.4) is 0 Å². The van der Waals surface area contributed by atoms with Crippen LogP contribution in [0.1, 0.15) is 11.3 Å².